The molecule has 5 atom stereocenters. The quantitative estimate of drug-likeness (QED) is 0.485. The van der Waals surface area contributed by atoms with Gasteiger partial charge in [-0.1, -0.05) is 43.7 Å². The van der Waals surface area contributed by atoms with Crippen LogP contribution in [0.5, 0.6) is 0 Å². The van der Waals surface area contributed by atoms with Crippen LogP contribution in [0.15, 0.2) is 48.1 Å². The molecule has 4 aliphatic carbocycles. The summed E-state index contributed by atoms with van der Waals surface area (Å²) in [6, 6.07) is 11.3. The fourth-order valence-electron chi connectivity index (χ4n) is 7.62. The van der Waals surface area contributed by atoms with E-state index in [-0.39, 0.29) is 5.41 Å². The van der Waals surface area contributed by atoms with Crippen molar-refractivity contribution in [1.29, 1.82) is 0 Å². The molecule has 4 aliphatic rings. The minimum Gasteiger partial charge on any atom is -0.295 e. The van der Waals surface area contributed by atoms with Gasteiger partial charge >= 0.3 is 0 Å². The van der Waals surface area contributed by atoms with Gasteiger partial charge in [0.1, 0.15) is 0 Å². The third kappa shape index (κ3) is 2.48. The number of benzene rings is 1. The zero-order chi connectivity index (χ0) is 19.8. The number of fused-ring (bicyclic) bond motifs is 6. The van der Waals surface area contributed by atoms with Gasteiger partial charge in [-0.25, -0.2) is 0 Å². The van der Waals surface area contributed by atoms with E-state index in [1.54, 1.807) is 5.57 Å². The Morgan fingerprint density at radius 2 is 1.86 bits per heavy atom. The molecule has 2 aromatic rings. The molecule has 1 heterocycles. The van der Waals surface area contributed by atoms with Crippen LogP contribution in [-0.2, 0) is 4.79 Å². The normalized spacial score (nSPS) is 38.8. The van der Waals surface area contributed by atoms with Crippen LogP contribution >= 0.6 is 11.3 Å². The number of hydrogen-bond acceptors (Lipinski definition) is 2. The number of hydrogen-bond donors (Lipinski definition) is 0. The van der Waals surface area contributed by atoms with Crippen molar-refractivity contribution in [2.24, 2.45) is 28.6 Å². The molecule has 2 heteroatoms. The van der Waals surface area contributed by atoms with Gasteiger partial charge in [0.15, 0.2) is 5.78 Å². The molecule has 1 aromatic carbocycles. The summed E-state index contributed by atoms with van der Waals surface area (Å²) in [4.78, 5) is 13.5. The van der Waals surface area contributed by atoms with Crippen molar-refractivity contribution < 1.29 is 4.79 Å². The molecule has 6 rings (SSSR count). The highest BCUT2D eigenvalue weighted by Gasteiger charge is 2.57. The molecule has 0 bridgehead atoms. The van der Waals surface area contributed by atoms with Crippen molar-refractivity contribution in [1.82, 2.24) is 0 Å². The summed E-state index contributed by atoms with van der Waals surface area (Å²) in [6.45, 7) is 5.05. The fraction of sp³-hybridized carbons (Fsp3) is 0.519. The maximum absolute atomic E-state index is 12.0. The summed E-state index contributed by atoms with van der Waals surface area (Å²) < 4.78 is 1.41. The van der Waals surface area contributed by atoms with Gasteiger partial charge in [0.05, 0.1) is 0 Å². The first-order valence-corrected chi connectivity index (χ1v) is 12.2. The second-order valence-corrected chi connectivity index (χ2v) is 11.5. The molecule has 0 saturated heterocycles. The summed E-state index contributed by atoms with van der Waals surface area (Å²) in [5.74, 6) is 2.72. The Kier molecular flexibility index (Phi) is 3.86. The van der Waals surface area contributed by atoms with Crippen LogP contribution in [0, 0.1) is 28.6 Å². The SMILES string of the molecule is C[C@]12CCC(=O)C=C1CC[C@@H]1[C@@H]2CC[C@]2(C)C(c3cc4ccccc4s3)=CC[C@@H]12. The van der Waals surface area contributed by atoms with E-state index in [4.69, 9.17) is 0 Å². The maximum atomic E-state index is 12.0. The van der Waals surface area contributed by atoms with Gasteiger partial charge in [-0.3, -0.25) is 4.79 Å². The average molecular weight is 403 g/mol. The lowest BCUT2D eigenvalue weighted by atomic mass is 9.47. The summed E-state index contributed by atoms with van der Waals surface area (Å²) in [5, 5.41) is 1.39. The lowest BCUT2D eigenvalue weighted by Gasteiger charge is -2.57. The van der Waals surface area contributed by atoms with Crippen molar-refractivity contribution in [2.45, 2.75) is 58.8 Å². The molecule has 2 fully saturated rings. The van der Waals surface area contributed by atoms with Gasteiger partial charge in [-0.05, 0) is 96.3 Å². The summed E-state index contributed by atoms with van der Waals surface area (Å²) >= 11 is 1.98. The highest BCUT2D eigenvalue weighted by Crippen LogP contribution is 2.67. The molecule has 0 aliphatic heterocycles. The lowest BCUT2D eigenvalue weighted by molar-refractivity contribution is -0.117. The lowest BCUT2D eigenvalue weighted by Crippen LogP contribution is -2.49. The number of rotatable bonds is 1. The smallest absolute Gasteiger partial charge is 0.155 e. The van der Waals surface area contributed by atoms with Crippen molar-refractivity contribution in [3.05, 3.63) is 52.9 Å². The zero-order valence-corrected chi connectivity index (χ0v) is 18.4. The van der Waals surface area contributed by atoms with Crippen LogP contribution < -0.4 is 0 Å². The highest BCUT2D eigenvalue weighted by molar-refractivity contribution is 7.20. The monoisotopic (exact) mass is 402 g/mol. The number of carbonyl (C=O) groups excluding carboxylic acids is 1. The molecule has 0 unspecified atom stereocenters. The van der Waals surface area contributed by atoms with E-state index in [0.717, 1.165) is 37.0 Å². The third-order valence-corrected chi connectivity index (χ3v) is 10.4. The van der Waals surface area contributed by atoms with Gasteiger partial charge in [-0.15, -0.1) is 11.3 Å². The topological polar surface area (TPSA) is 17.1 Å². The summed E-state index contributed by atoms with van der Waals surface area (Å²) in [6.07, 6.45) is 12.8. The minimum atomic E-state index is 0.276. The standard InChI is InChI=1S/C27H30OS/c1-26-13-11-19(28)16-18(26)7-8-20-21-9-10-23(27(21,2)14-12-22(20)26)25-15-17-5-3-4-6-24(17)29-25/h3-6,10,15-16,20-22H,7-9,11-14H2,1-2H3/t20-,21-,22-,26-,27-/m0/s1. The molecule has 0 radical (unpaired) electrons. The van der Waals surface area contributed by atoms with E-state index in [1.807, 2.05) is 17.4 Å². The largest absolute Gasteiger partial charge is 0.295 e. The van der Waals surface area contributed by atoms with Crippen molar-refractivity contribution in [3.63, 3.8) is 0 Å². The Morgan fingerprint density at radius 1 is 1.00 bits per heavy atom. The van der Waals surface area contributed by atoms with Gasteiger partial charge in [-0.2, -0.15) is 0 Å². The van der Waals surface area contributed by atoms with Crippen LogP contribution in [0.2, 0.25) is 0 Å². The van der Waals surface area contributed by atoms with Crippen LogP contribution in [-0.4, -0.2) is 5.78 Å². The summed E-state index contributed by atoms with van der Waals surface area (Å²) in [5.41, 5.74) is 3.71. The number of carbonyl (C=O) groups is 1. The molecule has 0 N–H and O–H groups in total. The first kappa shape index (κ1) is 18.1. The Balaban J connectivity index is 1.35. The number of thiophene rings is 1. The van der Waals surface area contributed by atoms with E-state index in [1.165, 1.54) is 46.2 Å². The second kappa shape index (κ2) is 6.17. The van der Waals surface area contributed by atoms with Crippen molar-refractivity contribution in [2.75, 3.05) is 0 Å². The molecule has 0 amide bonds. The zero-order valence-electron chi connectivity index (χ0n) is 17.5. The number of allylic oxidation sites excluding steroid dienone is 4. The van der Waals surface area contributed by atoms with Gasteiger partial charge in [0, 0.05) is 16.0 Å². The van der Waals surface area contributed by atoms with Crippen LogP contribution in [0.3, 0.4) is 0 Å². The van der Waals surface area contributed by atoms with Gasteiger partial charge < -0.3 is 0 Å². The molecular weight excluding hydrogens is 372 g/mol. The molecule has 0 spiro atoms. The molecule has 1 nitrogen and oxygen atoms in total. The predicted molar refractivity (Wildman–Crippen MR) is 122 cm³/mol. The van der Waals surface area contributed by atoms with E-state index in [2.05, 4.69) is 50.3 Å². The molecule has 29 heavy (non-hydrogen) atoms. The van der Waals surface area contributed by atoms with E-state index in [0.29, 0.717) is 11.2 Å². The van der Waals surface area contributed by atoms with Crippen LogP contribution in [0.1, 0.15) is 63.7 Å². The molecule has 150 valence electrons. The summed E-state index contributed by atoms with van der Waals surface area (Å²) in [7, 11) is 0. The maximum Gasteiger partial charge on any atom is 0.155 e. The Labute approximate surface area is 177 Å². The fourth-order valence-corrected chi connectivity index (χ4v) is 8.86. The minimum absolute atomic E-state index is 0.276. The van der Waals surface area contributed by atoms with Gasteiger partial charge in [0.25, 0.3) is 0 Å². The first-order chi connectivity index (χ1) is 14.0. The third-order valence-electron chi connectivity index (χ3n) is 9.23. The van der Waals surface area contributed by atoms with Crippen LogP contribution in [0.25, 0.3) is 15.7 Å². The Hall–Kier alpha value is -1.67. The van der Waals surface area contributed by atoms with Crippen molar-refractivity contribution in [3.8, 4) is 0 Å². The second-order valence-electron chi connectivity index (χ2n) is 10.4. The predicted octanol–water partition coefficient (Wildman–Crippen LogP) is 7.43. The van der Waals surface area contributed by atoms with Crippen molar-refractivity contribution >= 4 is 32.8 Å². The number of ketones is 1. The first-order valence-electron chi connectivity index (χ1n) is 11.4. The average Bonchev–Trinajstić information content (AvgIpc) is 3.28. The molecule has 1 aromatic heterocycles. The van der Waals surface area contributed by atoms with Gasteiger partial charge in [0.2, 0.25) is 0 Å². The molecular formula is C27H30OS. The van der Waals surface area contributed by atoms with E-state index in [9.17, 15) is 4.79 Å². The Morgan fingerprint density at radius 3 is 2.72 bits per heavy atom. The van der Waals surface area contributed by atoms with E-state index < -0.39 is 0 Å². The highest BCUT2D eigenvalue weighted by atomic mass is 32.1. The Bertz CT molecular complexity index is 1040. The van der Waals surface area contributed by atoms with E-state index >= 15 is 0 Å². The molecule has 2 saturated carbocycles. The van der Waals surface area contributed by atoms with Crippen LogP contribution in [0.4, 0.5) is 0 Å².